The molecule has 1 amide bonds. The van der Waals surface area contributed by atoms with Crippen LogP contribution in [0.25, 0.3) is 0 Å². The summed E-state index contributed by atoms with van der Waals surface area (Å²) in [6, 6.07) is 0. The number of rotatable bonds is 4. The van der Waals surface area contributed by atoms with Gasteiger partial charge in [-0.1, -0.05) is 6.92 Å². The number of methoxy groups -OCH3 is 1. The lowest BCUT2D eigenvalue weighted by atomic mass is 10.5. The van der Waals surface area contributed by atoms with Crippen LogP contribution < -0.4 is 5.32 Å². The molecule has 0 aromatic carbocycles. The van der Waals surface area contributed by atoms with E-state index in [2.05, 4.69) is 14.8 Å². The summed E-state index contributed by atoms with van der Waals surface area (Å²) in [5, 5.41) is 2.29. The van der Waals surface area contributed by atoms with Crippen LogP contribution >= 0.6 is 0 Å². The maximum absolute atomic E-state index is 10.7. The summed E-state index contributed by atoms with van der Waals surface area (Å²) in [4.78, 5) is 21.2. The number of nitrogens with one attached hydrogen (secondary N) is 1. The van der Waals surface area contributed by atoms with Crippen LogP contribution in [0.5, 0.6) is 0 Å². The van der Waals surface area contributed by atoms with Crippen molar-refractivity contribution in [1.29, 1.82) is 0 Å². The summed E-state index contributed by atoms with van der Waals surface area (Å²) in [6.45, 7) is 2.97. The molecule has 0 aliphatic rings. The number of ether oxygens (including phenoxy) is 2. The highest BCUT2D eigenvalue weighted by Crippen LogP contribution is 1.92. The van der Waals surface area contributed by atoms with Crippen molar-refractivity contribution in [2.75, 3.05) is 7.11 Å². The van der Waals surface area contributed by atoms with Crippen LogP contribution in [0.1, 0.15) is 20.3 Å². The Kier molecular flexibility index (Phi) is 5.03. The van der Waals surface area contributed by atoms with E-state index in [4.69, 9.17) is 0 Å². The Morgan fingerprint density at radius 2 is 2.08 bits per heavy atom. The molecule has 5 heteroatoms. The summed E-state index contributed by atoms with van der Waals surface area (Å²) in [5.74, 6) is -0.735. The Morgan fingerprint density at radius 3 is 2.42 bits per heavy atom. The molecule has 0 aliphatic carbocycles. The second-order valence-electron chi connectivity index (χ2n) is 2.11. The van der Waals surface area contributed by atoms with E-state index >= 15 is 0 Å². The molecule has 0 spiro atoms. The summed E-state index contributed by atoms with van der Waals surface area (Å²) < 4.78 is 9.33. The molecule has 12 heavy (non-hydrogen) atoms. The Labute approximate surface area is 71.0 Å². The van der Waals surface area contributed by atoms with Crippen LogP contribution in [0.15, 0.2) is 0 Å². The zero-order chi connectivity index (χ0) is 9.56. The average Bonchev–Trinajstić information content (AvgIpc) is 2.02. The van der Waals surface area contributed by atoms with E-state index in [9.17, 15) is 9.59 Å². The highest BCUT2D eigenvalue weighted by molar-refractivity contribution is 5.73. The molecule has 1 N–H and O–H groups in total. The highest BCUT2D eigenvalue weighted by Gasteiger charge is 2.11. The van der Waals surface area contributed by atoms with Gasteiger partial charge in [0.15, 0.2) is 0 Å². The van der Waals surface area contributed by atoms with Crippen LogP contribution in [0, 0.1) is 0 Å². The summed E-state index contributed by atoms with van der Waals surface area (Å²) in [7, 11) is 1.34. The standard InChI is InChI=1S/C7H13NO4/c1-4-6(10)12-7(11-3)8-5(2)9/h7H,4H2,1-3H3,(H,8,9). The SMILES string of the molecule is CCC(=O)OC(NC(C)=O)OC. The van der Waals surface area contributed by atoms with Crippen LogP contribution in [-0.2, 0) is 19.1 Å². The van der Waals surface area contributed by atoms with Gasteiger partial charge in [-0.3, -0.25) is 14.9 Å². The summed E-state index contributed by atoms with van der Waals surface area (Å²) in [5.41, 5.74) is 0. The minimum absolute atomic E-state index is 0.249. The van der Waals surface area contributed by atoms with Crippen molar-refractivity contribution in [3.8, 4) is 0 Å². The molecule has 0 saturated heterocycles. The fourth-order valence-electron chi connectivity index (χ4n) is 0.505. The molecule has 1 atom stereocenters. The lowest BCUT2D eigenvalue weighted by Gasteiger charge is -2.15. The molecule has 0 aromatic heterocycles. The van der Waals surface area contributed by atoms with Gasteiger partial charge in [-0.2, -0.15) is 0 Å². The third kappa shape index (κ3) is 4.68. The smallest absolute Gasteiger partial charge is 0.309 e. The normalized spacial score (nSPS) is 11.9. The highest BCUT2D eigenvalue weighted by atomic mass is 16.7. The number of hydrogen-bond acceptors (Lipinski definition) is 4. The van der Waals surface area contributed by atoms with Gasteiger partial charge >= 0.3 is 5.97 Å². The first kappa shape index (κ1) is 10.9. The van der Waals surface area contributed by atoms with Crippen LogP contribution in [0.3, 0.4) is 0 Å². The van der Waals surface area contributed by atoms with Gasteiger partial charge in [0, 0.05) is 20.5 Å². The van der Waals surface area contributed by atoms with Crippen LogP contribution in [-0.4, -0.2) is 25.4 Å². The largest absolute Gasteiger partial charge is 0.416 e. The minimum atomic E-state index is -0.977. The van der Waals surface area contributed by atoms with Crippen molar-refractivity contribution >= 4 is 11.9 Å². The van der Waals surface area contributed by atoms with Gasteiger partial charge in [-0.25, -0.2) is 0 Å². The van der Waals surface area contributed by atoms with Gasteiger partial charge in [0.1, 0.15) is 0 Å². The first-order chi connectivity index (χ1) is 5.60. The fourth-order valence-corrected chi connectivity index (χ4v) is 0.505. The van der Waals surface area contributed by atoms with E-state index in [-0.39, 0.29) is 12.3 Å². The van der Waals surface area contributed by atoms with Gasteiger partial charge in [0.2, 0.25) is 5.91 Å². The molecule has 0 fully saturated rings. The van der Waals surface area contributed by atoms with Crippen molar-refractivity contribution < 1.29 is 19.1 Å². The molecule has 0 aliphatic heterocycles. The van der Waals surface area contributed by atoms with E-state index in [1.54, 1.807) is 6.92 Å². The Bertz CT molecular complexity index is 169. The predicted molar refractivity (Wildman–Crippen MR) is 41.0 cm³/mol. The van der Waals surface area contributed by atoms with Gasteiger partial charge < -0.3 is 9.47 Å². The first-order valence-electron chi connectivity index (χ1n) is 3.59. The zero-order valence-corrected chi connectivity index (χ0v) is 7.42. The molecule has 0 saturated carbocycles. The fraction of sp³-hybridized carbons (Fsp3) is 0.714. The van der Waals surface area contributed by atoms with Crippen LogP contribution in [0.2, 0.25) is 0 Å². The topological polar surface area (TPSA) is 64.6 Å². The third-order valence-corrected chi connectivity index (χ3v) is 1.06. The van der Waals surface area contributed by atoms with Crippen molar-refractivity contribution in [3.63, 3.8) is 0 Å². The second-order valence-corrected chi connectivity index (χ2v) is 2.11. The van der Waals surface area contributed by atoms with E-state index in [1.807, 2.05) is 0 Å². The number of hydrogen-bond donors (Lipinski definition) is 1. The molecular weight excluding hydrogens is 162 g/mol. The molecule has 70 valence electrons. The number of esters is 1. The van der Waals surface area contributed by atoms with Gasteiger partial charge in [-0.05, 0) is 0 Å². The van der Waals surface area contributed by atoms with Crippen LogP contribution in [0.4, 0.5) is 0 Å². The molecule has 1 unspecified atom stereocenters. The van der Waals surface area contributed by atoms with Crippen molar-refractivity contribution in [3.05, 3.63) is 0 Å². The molecule has 5 nitrogen and oxygen atoms in total. The lowest BCUT2D eigenvalue weighted by molar-refractivity contribution is -0.180. The predicted octanol–water partition coefficient (Wildman–Crippen LogP) is 0.00570. The van der Waals surface area contributed by atoms with E-state index in [0.29, 0.717) is 0 Å². The lowest BCUT2D eigenvalue weighted by Crippen LogP contribution is -2.38. The molecule has 0 radical (unpaired) electrons. The number of amides is 1. The van der Waals surface area contributed by atoms with Crippen molar-refractivity contribution in [2.24, 2.45) is 0 Å². The molecule has 0 heterocycles. The third-order valence-electron chi connectivity index (χ3n) is 1.06. The molecule has 0 aromatic rings. The van der Waals surface area contributed by atoms with E-state index < -0.39 is 12.4 Å². The number of carbonyl (C=O) groups is 2. The monoisotopic (exact) mass is 175 g/mol. The van der Waals surface area contributed by atoms with Crippen molar-refractivity contribution in [1.82, 2.24) is 5.32 Å². The maximum Gasteiger partial charge on any atom is 0.309 e. The Balaban J connectivity index is 3.82. The maximum atomic E-state index is 10.7. The zero-order valence-electron chi connectivity index (χ0n) is 7.42. The number of carbonyl (C=O) groups excluding carboxylic acids is 2. The second kappa shape index (κ2) is 5.54. The molecular formula is C7H13NO4. The molecule has 0 bridgehead atoms. The van der Waals surface area contributed by atoms with E-state index in [1.165, 1.54) is 14.0 Å². The summed E-state index contributed by atoms with van der Waals surface area (Å²) >= 11 is 0. The minimum Gasteiger partial charge on any atom is -0.416 e. The summed E-state index contributed by atoms with van der Waals surface area (Å²) in [6.07, 6.45) is -0.727. The van der Waals surface area contributed by atoms with Gasteiger partial charge in [-0.15, -0.1) is 0 Å². The van der Waals surface area contributed by atoms with Gasteiger partial charge in [0.25, 0.3) is 6.41 Å². The Hall–Kier alpha value is -1.10. The average molecular weight is 175 g/mol. The van der Waals surface area contributed by atoms with E-state index in [0.717, 1.165) is 0 Å². The van der Waals surface area contributed by atoms with Crippen molar-refractivity contribution in [2.45, 2.75) is 26.7 Å². The quantitative estimate of drug-likeness (QED) is 0.482. The van der Waals surface area contributed by atoms with Gasteiger partial charge in [0.05, 0.1) is 0 Å². The Morgan fingerprint density at radius 1 is 1.50 bits per heavy atom. The first-order valence-corrected chi connectivity index (χ1v) is 3.59. The molecule has 0 rings (SSSR count).